The molecule has 116 valence electrons. The zero-order valence-corrected chi connectivity index (χ0v) is 12.8. The zero-order chi connectivity index (χ0) is 13.9. The molecule has 3 rings (SSSR count). The van der Waals surface area contributed by atoms with Crippen LogP contribution < -0.4 is 0 Å². The SMILES string of the molecule is CN1CCN(C[C@H](O)COC[C@H]2C[C@H]3CC[C@H]2C3)CC1. The lowest BCUT2D eigenvalue weighted by molar-refractivity contribution is -0.00742. The van der Waals surface area contributed by atoms with Crippen LogP contribution in [0.2, 0.25) is 0 Å². The van der Waals surface area contributed by atoms with Gasteiger partial charge in [-0.05, 0) is 44.1 Å². The summed E-state index contributed by atoms with van der Waals surface area (Å²) in [5.41, 5.74) is 0. The second-order valence-corrected chi connectivity index (χ2v) is 7.23. The summed E-state index contributed by atoms with van der Waals surface area (Å²) < 4.78 is 5.81. The first-order valence-corrected chi connectivity index (χ1v) is 8.37. The van der Waals surface area contributed by atoms with Gasteiger partial charge in [-0.3, -0.25) is 4.90 Å². The van der Waals surface area contributed by atoms with Gasteiger partial charge in [-0.2, -0.15) is 0 Å². The molecule has 2 aliphatic carbocycles. The standard InChI is InChI=1S/C16H30N2O2/c1-17-4-6-18(7-5-17)10-16(19)12-20-11-15-9-13-2-3-14(15)8-13/h13-16,19H,2-12H2,1H3/t13-,14-,15+,16-/m0/s1. The van der Waals surface area contributed by atoms with Gasteiger partial charge in [0.15, 0.2) is 0 Å². The third-order valence-corrected chi connectivity index (χ3v) is 5.59. The van der Waals surface area contributed by atoms with E-state index in [1.165, 1.54) is 25.7 Å². The molecule has 1 N–H and O–H groups in total. The average molecular weight is 282 g/mol. The average Bonchev–Trinajstić information content (AvgIpc) is 3.04. The van der Waals surface area contributed by atoms with Gasteiger partial charge in [0.05, 0.1) is 12.7 Å². The predicted octanol–water partition coefficient (Wildman–Crippen LogP) is 1.05. The van der Waals surface area contributed by atoms with Crippen LogP contribution in [0.5, 0.6) is 0 Å². The summed E-state index contributed by atoms with van der Waals surface area (Å²) in [5, 5.41) is 10.1. The van der Waals surface area contributed by atoms with E-state index in [2.05, 4.69) is 16.8 Å². The van der Waals surface area contributed by atoms with Gasteiger partial charge in [0.1, 0.15) is 0 Å². The Morgan fingerprint density at radius 2 is 1.95 bits per heavy atom. The normalized spacial score (nSPS) is 36.6. The Morgan fingerprint density at radius 1 is 1.15 bits per heavy atom. The molecular weight excluding hydrogens is 252 g/mol. The van der Waals surface area contributed by atoms with E-state index in [0.717, 1.165) is 57.1 Å². The van der Waals surface area contributed by atoms with Gasteiger partial charge in [0.25, 0.3) is 0 Å². The number of nitrogens with zero attached hydrogens (tertiary/aromatic N) is 2. The number of aliphatic hydroxyl groups is 1. The molecule has 1 aliphatic heterocycles. The Balaban J connectivity index is 1.28. The topological polar surface area (TPSA) is 35.9 Å². The van der Waals surface area contributed by atoms with Crippen molar-refractivity contribution in [3.8, 4) is 0 Å². The molecule has 1 saturated heterocycles. The van der Waals surface area contributed by atoms with E-state index >= 15 is 0 Å². The number of piperazine rings is 1. The first kappa shape index (κ1) is 14.8. The number of aliphatic hydroxyl groups excluding tert-OH is 1. The number of β-amino-alcohol motifs (C(OH)–C–C–N with tert-alkyl or cyclic N) is 1. The van der Waals surface area contributed by atoms with Crippen molar-refractivity contribution in [1.82, 2.24) is 9.80 Å². The van der Waals surface area contributed by atoms with Crippen LogP contribution in [0.25, 0.3) is 0 Å². The van der Waals surface area contributed by atoms with Crippen molar-refractivity contribution in [2.24, 2.45) is 17.8 Å². The van der Waals surface area contributed by atoms with Gasteiger partial charge in [-0.15, -0.1) is 0 Å². The Bertz CT molecular complexity index is 305. The van der Waals surface area contributed by atoms with E-state index in [0.29, 0.717) is 6.61 Å². The van der Waals surface area contributed by atoms with Crippen LogP contribution in [-0.4, -0.2) is 74.0 Å². The highest BCUT2D eigenvalue weighted by molar-refractivity contribution is 4.89. The summed E-state index contributed by atoms with van der Waals surface area (Å²) >= 11 is 0. The molecular formula is C16H30N2O2. The third-order valence-electron chi connectivity index (χ3n) is 5.59. The number of hydrogen-bond donors (Lipinski definition) is 1. The van der Waals surface area contributed by atoms with Crippen LogP contribution in [0.15, 0.2) is 0 Å². The van der Waals surface area contributed by atoms with E-state index < -0.39 is 0 Å². The summed E-state index contributed by atoms with van der Waals surface area (Å²) in [6, 6.07) is 0. The van der Waals surface area contributed by atoms with Gasteiger partial charge in [-0.1, -0.05) is 6.42 Å². The second kappa shape index (κ2) is 6.73. The minimum atomic E-state index is -0.322. The molecule has 1 heterocycles. The maximum absolute atomic E-state index is 10.1. The first-order chi connectivity index (χ1) is 9.70. The van der Waals surface area contributed by atoms with E-state index in [4.69, 9.17) is 4.74 Å². The molecule has 3 fully saturated rings. The fourth-order valence-corrected chi connectivity index (χ4v) is 4.32. The molecule has 3 aliphatic rings. The van der Waals surface area contributed by atoms with Gasteiger partial charge in [-0.25, -0.2) is 0 Å². The fraction of sp³-hybridized carbons (Fsp3) is 1.00. The van der Waals surface area contributed by atoms with Crippen molar-refractivity contribution in [3.63, 3.8) is 0 Å². The highest BCUT2D eigenvalue weighted by Crippen LogP contribution is 2.48. The van der Waals surface area contributed by atoms with Crippen LogP contribution in [0.4, 0.5) is 0 Å². The Morgan fingerprint density at radius 3 is 2.60 bits per heavy atom. The van der Waals surface area contributed by atoms with Crippen molar-refractivity contribution in [2.75, 3.05) is 53.0 Å². The number of likely N-dealkylation sites (N-methyl/N-ethyl adjacent to an activating group) is 1. The smallest absolute Gasteiger partial charge is 0.0900 e. The zero-order valence-electron chi connectivity index (χ0n) is 12.8. The summed E-state index contributed by atoms with van der Waals surface area (Å²) in [6.07, 6.45) is 5.37. The van der Waals surface area contributed by atoms with Crippen LogP contribution in [0.1, 0.15) is 25.7 Å². The monoisotopic (exact) mass is 282 g/mol. The largest absolute Gasteiger partial charge is 0.389 e. The molecule has 0 spiro atoms. The van der Waals surface area contributed by atoms with Gasteiger partial charge < -0.3 is 14.7 Å². The summed E-state index contributed by atoms with van der Waals surface area (Å²) in [5.74, 6) is 2.70. The highest BCUT2D eigenvalue weighted by atomic mass is 16.5. The van der Waals surface area contributed by atoms with E-state index in [-0.39, 0.29) is 6.10 Å². The van der Waals surface area contributed by atoms with Gasteiger partial charge in [0, 0.05) is 39.3 Å². The number of hydrogen-bond acceptors (Lipinski definition) is 4. The molecule has 0 aromatic rings. The van der Waals surface area contributed by atoms with Gasteiger partial charge in [0.2, 0.25) is 0 Å². The Labute approximate surface area is 123 Å². The van der Waals surface area contributed by atoms with Gasteiger partial charge >= 0.3 is 0 Å². The minimum Gasteiger partial charge on any atom is -0.389 e. The summed E-state index contributed by atoms with van der Waals surface area (Å²) in [6.45, 7) is 6.52. The van der Waals surface area contributed by atoms with Crippen LogP contribution in [-0.2, 0) is 4.74 Å². The van der Waals surface area contributed by atoms with Crippen molar-refractivity contribution in [2.45, 2.75) is 31.8 Å². The van der Waals surface area contributed by atoms with Crippen LogP contribution in [0, 0.1) is 17.8 Å². The number of ether oxygens (including phenoxy) is 1. The highest BCUT2D eigenvalue weighted by Gasteiger charge is 2.39. The Kier molecular flexibility index (Phi) is 4.97. The van der Waals surface area contributed by atoms with Crippen LogP contribution >= 0.6 is 0 Å². The first-order valence-electron chi connectivity index (χ1n) is 8.37. The molecule has 2 bridgehead atoms. The lowest BCUT2D eigenvalue weighted by atomic mass is 9.90. The molecule has 0 amide bonds. The maximum Gasteiger partial charge on any atom is 0.0900 e. The lowest BCUT2D eigenvalue weighted by Crippen LogP contribution is -2.47. The molecule has 4 heteroatoms. The predicted molar refractivity (Wildman–Crippen MR) is 79.7 cm³/mol. The number of rotatable bonds is 6. The molecule has 2 saturated carbocycles. The summed E-state index contributed by atoms with van der Waals surface area (Å²) in [7, 11) is 2.16. The van der Waals surface area contributed by atoms with Crippen molar-refractivity contribution < 1.29 is 9.84 Å². The van der Waals surface area contributed by atoms with E-state index in [9.17, 15) is 5.11 Å². The third kappa shape index (κ3) is 3.73. The van der Waals surface area contributed by atoms with Crippen LogP contribution in [0.3, 0.4) is 0 Å². The quantitative estimate of drug-likeness (QED) is 0.790. The fourth-order valence-electron chi connectivity index (χ4n) is 4.32. The molecule has 0 radical (unpaired) electrons. The lowest BCUT2D eigenvalue weighted by Gasteiger charge is -2.33. The van der Waals surface area contributed by atoms with Crippen molar-refractivity contribution in [1.29, 1.82) is 0 Å². The molecule has 0 aromatic carbocycles. The number of fused-ring (bicyclic) bond motifs is 2. The molecule has 20 heavy (non-hydrogen) atoms. The van der Waals surface area contributed by atoms with Crippen molar-refractivity contribution in [3.05, 3.63) is 0 Å². The minimum absolute atomic E-state index is 0.322. The second-order valence-electron chi connectivity index (χ2n) is 7.23. The maximum atomic E-state index is 10.1. The Hall–Kier alpha value is -0.160. The van der Waals surface area contributed by atoms with Crippen molar-refractivity contribution >= 4 is 0 Å². The van der Waals surface area contributed by atoms with E-state index in [1.54, 1.807) is 0 Å². The molecule has 4 nitrogen and oxygen atoms in total. The summed E-state index contributed by atoms with van der Waals surface area (Å²) in [4.78, 5) is 4.69. The molecule has 0 unspecified atom stereocenters. The van der Waals surface area contributed by atoms with E-state index in [1.807, 2.05) is 0 Å². The molecule has 0 aromatic heterocycles. The molecule has 4 atom stereocenters.